The lowest BCUT2D eigenvalue weighted by Gasteiger charge is -2.20. The number of halogens is 6. The second-order valence-corrected chi connectivity index (χ2v) is 9.73. The fourth-order valence-electron chi connectivity index (χ4n) is 2.43. The molecular formula is C16H17BrF5N2O4PS. The third-order valence-electron chi connectivity index (χ3n) is 3.80. The number of amidine groups is 1. The zero-order valence-corrected chi connectivity index (χ0v) is 18.7. The number of fused-ring (bicyclic) bond motifs is 1. The molecule has 0 saturated heterocycles. The van der Waals surface area contributed by atoms with E-state index in [1.165, 1.54) is 19.1 Å². The van der Waals surface area contributed by atoms with Crippen LogP contribution in [0.25, 0.3) is 10.1 Å². The van der Waals surface area contributed by atoms with Crippen molar-refractivity contribution in [2.75, 3.05) is 13.2 Å². The number of ether oxygens (including phenoxy) is 1. The van der Waals surface area contributed by atoms with Crippen LogP contribution in [0.3, 0.4) is 0 Å². The minimum atomic E-state index is -5.38. The van der Waals surface area contributed by atoms with Crippen LogP contribution >= 0.6 is 34.9 Å². The van der Waals surface area contributed by atoms with Crippen molar-refractivity contribution in [2.45, 2.75) is 31.6 Å². The van der Waals surface area contributed by atoms with Gasteiger partial charge < -0.3 is 19.9 Å². The summed E-state index contributed by atoms with van der Waals surface area (Å²) >= 11 is 3.41. The van der Waals surface area contributed by atoms with Gasteiger partial charge in [-0.25, -0.2) is 0 Å². The molecule has 1 atom stereocenters. The predicted molar refractivity (Wildman–Crippen MR) is 107 cm³/mol. The predicted octanol–water partition coefficient (Wildman–Crippen LogP) is 5.94. The quantitative estimate of drug-likeness (QED) is 0.120. The molecule has 1 unspecified atom stereocenters. The number of benzene rings is 1. The van der Waals surface area contributed by atoms with Crippen LogP contribution in [-0.4, -0.2) is 30.1 Å². The fourth-order valence-corrected chi connectivity index (χ4v) is 5.90. The maximum atomic E-state index is 14.8. The molecule has 1 heterocycles. The summed E-state index contributed by atoms with van der Waals surface area (Å²) in [7, 11) is -5.38. The second-order valence-electron chi connectivity index (χ2n) is 6.06. The Morgan fingerprint density at radius 1 is 1.33 bits per heavy atom. The maximum absolute atomic E-state index is 14.8. The van der Waals surface area contributed by atoms with E-state index in [2.05, 4.69) is 20.5 Å². The Hall–Kier alpha value is -1.27. The Labute approximate surface area is 180 Å². The van der Waals surface area contributed by atoms with E-state index in [-0.39, 0.29) is 38.9 Å². The molecule has 4 N–H and O–H groups in total. The van der Waals surface area contributed by atoms with Gasteiger partial charge in [0.25, 0.3) is 0 Å². The molecule has 2 aromatic rings. The summed E-state index contributed by atoms with van der Waals surface area (Å²) in [5.41, 5.74) is 1.27. The first kappa shape index (κ1) is 25.0. The number of thiophene rings is 1. The number of nitrogens with one attached hydrogen (secondary N) is 1. The maximum Gasteiger partial charge on any atom is 0.402 e. The molecule has 0 radical (unpaired) electrons. The van der Waals surface area contributed by atoms with Gasteiger partial charge in [0.2, 0.25) is 0 Å². The Kier molecular flexibility index (Phi) is 7.56. The van der Waals surface area contributed by atoms with Gasteiger partial charge in [0.05, 0.1) is 17.9 Å². The van der Waals surface area contributed by atoms with Gasteiger partial charge in [0.1, 0.15) is 16.5 Å². The molecule has 0 aliphatic rings. The van der Waals surface area contributed by atoms with E-state index in [0.717, 1.165) is 0 Å². The van der Waals surface area contributed by atoms with E-state index >= 15 is 0 Å². The van der Waals surface area contributed by atoms with Gasteiger partial charge in [-0.05, 0) is 41.4 Å². The van der Waals surface area contributed by atoms with Crippen molar-refractivity contribution >= 4 is 50.8 Å². The molecule has 1 aromatic heterocycles. The summed E-state index contributed by atoms with van der Waals surface area (Å²) in [5, 5.41) is 7.67. The molecule has 168 valence electrons. The molecule has 0 aliphatic carbocycles. The van der Waals surface area contributed by atoms with Crippen molar-refractivity contribution in [1.29, 1.82) is 5.41 Å². The van der Waals surface area contributed by atoms with Crippen LogP contribution in [0.2, 0.25) is 0 Å². The van der Waals surface area contributed by atoms with Gasteiger partial charge >= 0.3 is 19.4 Å². The third-order valence-corrected chi connectivity index (χ3v) is 7.87. The fraction of sp³-hybridized carbons (Fsp3) is 0.438. The van der Waals surface area contributed by atoms with E-state index < -0.39 is 43.2 Å². The van der Waals surface area contributed by atoms with E-state index in [4.69, 9.17) is 15.9 Å². The first-order valence-electron chi connectivity index (χ1n) is 8.37. The van der Waals surface area contributed by atoms with Crippen LogP contribution in [0.5, 0.6) is 5.75 Å². The summed E-state index contributed by atoms with van der Waals surface area (Å²) in [6.07, 6.45) is -5.84. The number of rotatable bonds is 9. The van der Waals surface area contributed by atoms with E-state index in [9.17, 15) is 31.4 Å². The number of nitrogen functional groups attached to an aromatic ring is 1. The van der Waals surface area contributed by atoms with Crippen molar-refractivity contribution in [3.63, 3.8) is 0 Å². The lowest BCUT2D eigenvalue weighted by Crippen LogP contribution is -2.14. The van der Waals surface area contributed by atoms with Gasteiger partial charge in [-0.2, -0.15) is 22.0 Å². The zero-order chi connectivity index (χ0) is 22.9. The van der Waals surface area contributed by atoms with Crippen LogP contribution in [0.15, 0.2) is 16.6 Å². The smallest absolute Gasteiger partial charge is 0.402 e. The molecule has 0 aliphatic heterocycles. The highest BCUT2D eigenvalue weighted by molar-refractivity contribution is 9.10. The molecule has 1 aromatic carbocycles. The van der Waals surface area contributed by atoms with Crippen molar-refractivity contribution in [2.24, 2.45) is 5.73 Å². The summed E-state index contributed by atoms with van der Waals surface area (Å²) < 4.78 is 88.0. The van der Waals surface area contributed by atoms with E-state index in [1.54, 1.807) is 0 Å². The van der Waals surface area contributed by atoms with Crippen molar-refractivity contribution in [3.05, 3.63) is 27.0 Å². The monoisotopic (exact) mass is 538 g/mol. The molecule has 14 heteroatoms. The highest BCUT2D eigenvalue weighted by Gasteiger charge is 2.55. The molecule has 0 saturated carbocycles. The summed E-state index contributed by atoms with van der Waals surface area (Å²) in [6, 6.07) is 2.54. The Morgan fingerprint density at radius 2 is 1.97 bits per heavy atom. The minimum absolute atomic E-state index is 0.0724. The minimum Gasteiger partial charge on any atom is -0.492 e. The number of hydrogen-bond acceptors (Lipinski definition) is 5. The van der Waals surface area contributed by atoms with Crippen LogP contribution in [0, 0.1) is 5.41 Å². The van der Waals surface area contributed by atoms with Crippen molar-refractivity contribution < 1.29 is 40.7 Å². The Balaban J connectivity index is 2.53. The Morgan fingerprint density at radius 3 is 2.50 bits per heavy atom. The third kappa shape index (κ3) is 5.31. The SMILES string of the molecule is CCOP(=O)(O)C(F)(F)c1sc2c(OCCCC(F)(F)F)cc(C(=N)N)cc2c1Br. The van der Waals surface area contributed by atoms with Crippen LogP contribution in [0.4, 0.5) is 22.0 Å². The summed E-state index contributed by atoms with van der Waals surface area (Å²) in [5.74, 6) is -0.498. The molecule has 0 bridgehead atoms. The molecule has 0 amide bonds. The van der Waals surface area contributed by atoms with Crippen LogP contribution < -0.4 is 10.5 Å². The largest absolute Gasteiger partial charge is 0.492 e. The molecule has 30 heavy (non-hydrogen) atoms. The topological polar surface area (TPSA) is 106 Å². The number of alkyl halides is 5. The van der Waals surface area contributed by atoms with E-state index in [0.29, 0.717) is 11.3 Å². The average Bonchev–Trinajstić information content (AvgIpc) is 2.95. The first-order valence-corrected chi connectivity index (χ1v) is 11.6. The number of hydrogen-bond donors (Lipinski definition) is 3. The molecule has 0 spiro atoms. The van der Waals surface area contributed by atoms with E-state index in [1.807, 2.05) is 0 Å². The second kappa shape index (κ2) is 9.07. The lowest BCUT2D eigenvalue weighted by molar-refractivity contribution is -0.136. The van der Waals surface area contributed by atoms with Gasteiger partial charge in [-0.3, -0.25) is 9.97 Å². The highest BCUT2D eigenvalue weighted by Crippen LogP contribution is 2.66. The van der Waals surface area contributed by atoms with Gasteiger partial charge in [-0.1, -0.05) is 0 Å². The highest BCUT2D eigenvalue weighted by atomic mass is 79.9. The van der Waals surface area contributed by atoms with Crippen LogP contribution in [-0.2, 0) is 14.8 Å². The molecule has 6 nitrogen and oxygen atoms in total. The van der Waals surface area contributed by atoms with Gasteiger partial charge in [0, 0.05) is 21.8 Å². The first-order chi connectivity index (χ1) is 13.7. The van der Waals surface area contributed by atoms with Crippen LogP contribution in [0.1, 0.15) is 30.2 Å². The Bertz CT molecular complexity index is 998. The van der Waals surface area contributed by atoms with Gasteiger partial charge in [0.15, 0.2) is 0 Å². The van der Waals surface area contributed by atoms with Gasteiger partial charge in [-0.15, -0.1) is 11.3 Å². The average molecular weight is 539 g/mol. The van der Waals surface area contributed by atoms with Crippen molar-refractivity contribution in [1.82, 2.24) is 0 Å². The summed E-state index contributed by atoms with van der Waals surface area (Å²) in [6.45, 7) is 0.494. The molecule has 0 fully saturated rings. The lowest BCUT2D eigenvalue weighted by atomic mass is 10.1. The zero-order valence-electron chi connectivity index (χ0n) is 15.4. The molecular weight excluding hydrogens is 522 g/mol. The molecule has 2 rings (SSSR count). The van der Waals surface area contributed by atoms with Crippen molar-refractivity contribution in [3.8, 4) is 5.75 Å². The normalized spacial score (nSPS) is 14.7. The standard InChI is InChI=1S/C16H17BrF5N2O4PS/c1-2-28-29(25,26)16(21,22)13-11(17)9-6-8(14(23)24)7-10(12(9)30-13)27-5-3-4-15(18,19)20/h6-7H,2-5H2,1H3,(H3,23,24)(H,25,26). The summed E-state index contributed by atoms with van der Waals surface area (Å²) in [4.78, 5) is 8.86. The number of nitrogens with two attached hydrogens (primary N) is 1.